The number of carbonyl (C=O) groups is 2. The maximum Gasteiger partial charge on any atom is 0.346 e. The highest BCUT2D eigenvalue weighted by molar-refractivity contribution is 6.26. The van der Waals surface area contributed by atoms with Crippen molar-refractivity contribution in [2.45, 2.75) is 52.2 Å². The van der Waals surface area contributed by atoms with Gasteiger partial charge in [-0.2, -0.15) is 0 Å². The largest absolute Gasteiger partial charge is 0.488 e. The lowest BCUT2D eigenvalue weighted by Gasteiger charge is -2.45. The molecule has 0 saturated carbocycles. The van der Waals surface area contributed by atoms with E-state index in [2.05, 4.69) is 13.0 Å². The molecule has 1 saturated heterocycles. The Morgan fingerprint density at radius 2 is 1.90 bits per heavy atom. The monoisotopic (exact) mass is 408 g/mol. The summed E-state index contributed by atoms with van der Waals surface area (Å²) in [6, 6.07) is 0. The van der Waals surface area contributed by atoms with Crippen LogP contribution in [0, 0.1) is 11.3 Å². The van der Waals surface area contributed by atoms with Crippen LogP contribution in [0.4, 0.5) is 0 Å². The first-order valence-corrected chi connectivity index (χ1v) is 10.4. The Morgan fingerprint density at radius 3 is 2.60 bits per heavy atom. The van der Waals surface area contributed by atoms with E-state index < -0.39 is 23.1 Å². The van der Waals surface area contributed by atoms with E-state index in [4.69, 9.17) is 9.47 Å². The quantitative estimate of drug-likeness (QED) is 0.374. The number of hydrogen-bond donors (Lipinski definition) is 1. The van der Waals surface area contributed by atoms with E-state index in [1.807, 2.05) is 39.0 Å². The van der Waals surface area contributed by atoms with Crippen LogP contribution < -0.4 is 0 Å². The van der Waals surface area contributed by atoms with Gasteiger partial charge < -0.3 is 14.6 Å². The standard InChI is InChI=1S/C25H28O5/c1-15-6-5-7-19(26)10-18-8-9-20(29-14-18)21-22(27)25(30-23(21)28)13-17(3)16(2)12-24(25,4)11-15/h5-6,8-12,17,19,26H,7,13-14H2,1-4H3/b6-5-,15-11-,18-10-,21-20-/t17-,19+,24-,25+/m0/s1. The van der Waals surface area contributed by atoms with Gasteiger partial charge in [-0.1, -0.05) is 48.5 Å². The van der Waals surface area contributed by atoms with Gasteiger partial charge in [0.25, 0.3) is 0 Å². The number of Topliss-reactive ketones (excluding diaryl/α,β-unsaturated/α-hetero) is 1. The first kappa shape index (κ1) is 20.6. The zero-order chi connectivity index (χ0) is 21.7. The average molecular weight is 408 g/mol. The molecule has 3 aliphatic heterocycles. The molecule has 3 heterocycles. The zero-order valence-corrected chi connectivity index (χ0v) is 17.9. The molecule has 0 aromatic carbocycles. The Bertz CT molecular complexity index is 989. The van der Waals surface area contributed by atoms with Crippen LogP contribution in [0.3, 0.4) is 0 Å². The van der Waals surface area contributed by atoms with Crippen LogP contribution in [0.1, 0.15) is 40.5 Å². The van der Waals surface area contributed by atoms with Crippen molar-refractivity contribution in [1.82, 2.24) is 0 Å². The highest BCUT2D eigenvalue weighted by Gasteiger charge is 2.64. The van der Waals surface area contributed by atoms with E-state index in [1.165, 1.54) is 0 Å². The number of ether oxygens (including phenoxy) is 2. The van der Waals surface area contributed by atoms with Crippen LogP contribution in [-0.2, 0) is 19.1 Å². The number of hydrogen-bond acceptors (Lipinski definition) is 5. The zero-order valence-electron chi connectivity index (χ0n) is 17.9. The van der Waals surface area contributed by atoms with E-state index in [0.717, 1.165) is 16.7 Å². The van der Waals surface area contributed by atoms with Crippen molar-refractivity contribution in [2.75, 3.05) is 6.61 Å². The van der Waals surface area contributed by atoms with Crippen molar-refractivity contribution in [3.8, 4) is 0 Å². The number of aliphatic hydroxyl groups excluding tert-OH is 1. The number of esters is 1. The predicted octanol–water partition coefficient (Wildman–Crippen LogP) is 3.88. The Labute approximate surface area is 177 Å². The molecule has 5 heteroatoms. The van der Waals surface area contributed by atoms with Crippen LogP contribution in [0.2, 0.25) is 0 Å². The molecule has 5 aliphatic rings. The number of fused-ring (bicyclic) bond motifs is 5. The van der Waals surface area contributed by atoms with Gasteiger partial charge in [-0.25, -0.2) is 4.79 Å². The molecule has 0 amide bonds. The Balaban J connectivity index is 1.95. The number of ketones is 1. The summed E-state index contributed by atoms with van der Waals surface area (Å²) < 4.78 is 11.7. The number of rotatable bonds is 0. The smallest absolute Gasteiger partial charge is 0.346 e. The maximum absolute atomic E-state index is 13.8. The van der Waals surface area contributed by atoms with Gasteiger partial charge in [-0.05, 0) is 50.8 Å². The van der Waals surface area contributed by atoms with E-state index in [9.17, 15) is 14.7 Å². The molecule has 1 spiro atoms. The van der Waals surface area contributed by atoms with Gasteiger partial charge in [0.15, 0.2) is 5.60 Å². The highest BCUT2D eigenvalue weighted by Crippen LogP contribution is 2.53. The van der Waals surface area contributed by atoms with Gasteiger partial charge in [0.1, 0.15) is 17.9 Å². The molecule has 2 aliphatic carbocycles. The van der Waals surface area contributed by atoms with Gasteiger partial charge in [0, 0.05) is 6.42 Å². The summed E-state index contributed by atoms with van der Waals surface area (Å²) in [6.07, 6.45) is 13.3. The molecule has 30 heavy (non-hydrogen) atoms. The van der Waals surface area contributed by atoms with Crippen molar-refractivity contribution in [3.63, 3.8) is 0 Å². The topological polar surface area (TPSA) is 72.8 Å². The first-order valence-electron chi connectivity index (χ1n) is 10.4. The molecule has 5 nitrogen and oxygen atoms in total. The second-order valence-corrected chi connectivity index (χ2v) is 9.02. The van der Waals surface area contributed by atoms with Crippen molar-refractivity contribution in [1.29, 1.82) is 0 Å². The third kappa shape index (κ3) is 3.21. The summed E-state index contributed by atoms with van der Waals surface area (Å²) in [5.74, 6) is -0.603. The van der Waals surface area contributed by atoms with Crippen LogP contribution in [0.5, 0.6) is 0 Å². The molecule has 4 bridgehead atoms. The molecule has 1 N–H and O–H groups in total. The SMILES string of the molecule is CC1=C[C@]2(C)/C=C(C)\C=C/C[C@@H](O)/C=C3C=C/C(=C4/C(=O)O[C@]2(C[C@@H]1C)C4=O)OC/3. The molecule has 158 valence electrons. The molecule has 1 fully saturated rings. The summed E-state index contributed by atoms with van der Waals surface area (Å²) in [6.45, 7) is 8.19. The molecule has 0 aromatic rings. The van der Waals surface area contributed by atoms with Gasteiger partial charge in [-0.15, -0.1) is 0 Å². The van der Waals surface area contributed by atoms with Crippen molar-refractivity contribution in [3.05, 3.63) is 70.6 Å². The molecular formula is C25H28O5. The third-order valence-corrected chi connectivity index (χ3v) is 6.62. The molecule has 0 radical (unpaired) electrons. The van der Waals surface area contributed by atoms with Gasteiger partial charge in [-0.3, -0.25) is 4.79 Å². The van der Waals surface area contributed by atoms with E-state index in [0.29, 0.717) is 12.8 Å². The van der Waals surface area contributed by atoms with E-state index in [1.54, 1.807) is 18.2 Å². The highest BCUT2D eigenvalue weighted by atomic mass is 16.6. The lowest BCUT2D eigenvalue weighted by molar-refractivity contribution is -0.162. The molecule has 4 atom stereocenters. The third-order valence-electron chi connectivity index (χ3n) is 6.62. The van der Waals surface area contributed by atoms with Gasteiger partial charge >= 0.3 is 5.97 Å². The number of carbonyl (C=O) groups excluding carboxylic acids is 2. The fourth-order valence-electron chi connectivity index (χ4n) is 4.88. The van der Waals surface area contributed by atoms with E-state index >= 15 is 0 Å². The van der Waals surface area contributed by atoms with Gasteiger partial charge in [0.2, 0.25) is 5.78 Å². The Hall–Kier alpha value is -2.66. The second-order valence-electron chi connectivity index (χ2n) is 9.02. The lowest BCUT2D eigenvalue weighted by atomic mass is 9.61. The molecule has 5 rings (SSSR count). The average Bonchev–Trinajstić information content (AvgIpc) is 2.91. The minimum absolute atomic E-state index is 0.0197. The summed E-state index contributed by atoms with van der Waals surface area (Å²) in [4.78, 5) is 26.7. The normalized spacial score (nSPS) is 43.2. The Kier molecular flexibility index (Phi) is 4.97. The summed E-state index contributed by atoms with van der Waals surface area (Å²) in [7, 11) is 0. The van der Waals surface area contributed by atoms with Crippen LogP contribution >= 0.6 is 0 Å². The van der Waals surface area contributed by atoms with Gasteiger partial charge in [0.05, 0.1) is 11.5 Å². The molecular weight excluding hydrogens is 380 g/mol. The van der Waals surface area contributed by atoms with Crippen molar-refractivity contribution >= 4 is 11.8 Å². The summed E-state index contributed by atoms with van der Waals surface area (Å²) in [5.41, 5.74) is 0.782. The summed E-state index contributed by atoms with van der Waals surface area (Å²) in [5, 5.41) is 10.3. The minimum Gasteiger partial charge on any atom is -0.488 e. The first-order chi connectivity index (χ1) is 14.1. The van der Waals surface area contributed by atoms with Crippen LogP contribution in [-0.4, -0.2) is 35.2 Å². The Morgan fingerprint density at radius 1 is 1.13 bits per heavy atom. The van der Waals surface area contributed by atoms with Crippen molar-refractivity contribution in [2.24, 2.45) is 11.3 Å². The predicted molar refractivity (Wildman–Crippen MR) is 113 cm³/mol. The van der Waals surface area contributed by atoms with Crippen LogP contribution in [0.15, 0.2) is 70.6 Å². The fourth-order valence-corrected chi connectivity index (χ4v) is 4.88. The maximum atomic E-state index is 13.8. The van der Waals surface area contributed by atoms with Crippen LogP contribution in [0.25, 0.3) is 0 Å². The molecule has 0 unspecified atom stereocenters. The second kappa shape index (κ2) is 7.24. The number of allylic oxidation sites excluding steroid dienone is 4. The summed E-state index contributed by atoms with van der Waals surface area (Å²) >= 11 is 0. The number of aliphatic hydroxyl groups is 1. The minimum atomic E-state index is -1.30. The lowest BCUT2D eigenvalue weighted by Crippen LogP contribution is -2.53. The fraction of sp³-hybridized carbons (Fsp3) is 0.440. The van der Waals surface area contributed by atoms with Crippen molar-refractivity contribution < 1.29 is 24.2 Å². The molecule has 0 aromatic heterocycles. The van der Waals surface area contributed by atoms with E-state index in [-0.39, 0.29) is 29.6 Å².